The van der Waals surface area contributed by atoms with Crippen LogP contribution in [0.25, 0.3) is 0 Å². The summed E-state index contributed by atoms with van der Waals surface area (Å²) in [6, 6.07) is 6.71. The molecule has 1 aromatic carbocycles. The lowest BCUT2D eigenvalue weighted by molar-refractivity contribution is -0.384. The van der Waals surface area contributed by atoms with E-state index in [1.807, 2.05) is 12.1 Å². The fourth-order valence-electron chi connectivity index (χ4n) is 2.61. The highest BCUT2D eigenvalue weighted by Crippen LogP contribution is 2.17. The summed E-state index contributed by atoms with van der Waals surface area (Å²) in [5.41, 5.74) is 1.23. The molecule has 2 rings (SSSR count). The normalized spacial score (nSPS) is 20.1. The molecule has 1 unspecified atom stereocenters. The third-order valence-corrected chi connectivity index (χ3v) is 3.97. The van der Waals surface area contributed by atoms with Crippen molar-refractivity contribution >= 4 is 11.5 Å². The van der Waals surface area contributed by atoms with Gasteiger partial charge in [-0.15, -0.1) is 0 Å². The van der Waals surface area contributed by atoms with Crippen LogP contribution < -0.4 is 0 Å². The van der Waals surface area contributed by atoms with Crippen LogP contribution in [0.4, 0.5) is 5.69 Å². The molecule has 1 atom stereocenters. The van der Waals surface area contributed by atoms with Crippen molar-refractivity contribution in [2.24, 2.45) is 5.92 Å². The van der Waals surface area contributed by atoms with E-state index in [4.69, 9.17) is 0 Å². The quantitative estimate of drug-likeness (QED) is 0.612. The van der Waals surface area contributed by atoms with Crippen LogP contribution in [0.1, 0.15) is 25.3 Å². The van der Waals surface area contributed by atoms with Crippen LogP contribution in [0.3, 0.4) is 0 Å². The zero-order valence-electron chi connectivity index (χ0n) is 11.7. The van der Waals surface area contributed by atoms with Crippen LogP contribution in [-0.4, -0.2) is 35.2 Å². The number of hydrogen-bond acceptors (Lipinski definition) is 4. The summed E-state index contributed by atoms with van der Waals surface area (Å²) in [6.45, 7) is 4.65. The minimum Gasteiger partial charge on any atom is -0.302 e. The SMILES string of the molecule is CCC1CN(CCc2ccc([N+](=O)[O-])cc2)CCC1=O. The first kappa shape index (κ1) is 14.7. The molecule has 1 heterocycles. The van der Waals surface area contributed by atoms with Gasteiger partial charge in [-0.1, -0.05) is 19.1 Å². The average molecular weight is 276 g/mol. The molecule has 0 spiro atoms. The number of rotatable bonds is 5. The Morgan fingerprint density at radius 2 is 2.05 bits per heavy atom. The van der Waals surface area contributed by atoms with E-state index in [-0.39, 0.29) is 16.5 Å². The molecule has 0 N–H and O–H groups in total. The van der Waals surface area contributed by atoms with Gasteiger partial charge in [-0.05, 0) is 18.4 Å². The lowest BCUT2D eigenvalue weighted by Crippen LogP contribution is -2.41. The van der Waals surface area contributed by atoms with Crippen LogP contribution in [-0.2, 0) is 11.2 Å². The topological polar surface area (TPSA) is 63.4 Å². The van der Waals surface area contributed by atoms with Gasteiger partial charge in [0, 0.05) is 44.1 Å². The van der Waals surface area contributed by atoms with Gasteiger partial charge in [0.1, 0.15) is 5.78 Å². The maximum absolute atomic E-state index is 11.7. The Morgan fingerprint density at radius 3 is 2.65 bits per heavy atom. The van der Waals surface area contributed by atoms with Gasteiger partial charge >= 0.3 is 0 Å². The van der Waals surface area contributed by atoms with Crippen molar-refractivity contribution in [3.63, 3.8) is 0 Å². The Bertz CT molecular complexity index is 484. The van der Waals surface area contributed by atoms with Crippen molar-refractivity contribution in [3.8, 4) is 0 Å². The van der Waals surface area contributed by atoms with Crippen molar-refractivity contribution in [3.05, 3.63) is 39.9 Å². The summed E-state index contributed by atoms with van der Waals surface area (Å²) >= 11 is 0. The molecule has 1 fully saturated rings. The van der Waals surface area contributed by atoms with Crippen LogP contribution in [0.2, 0.25) is 0 Å². The maximum Gasteiger partial charge on any atom is 0.269 e. The Balaban J connectivity index is 1.86. The van der Waals surface area contributed by atoms with E-state index in [9.17, 15) is 14.9 Å². The van der Waals surface area contributed by atoms with Gasteiger partial charge < -0.3 is 4.90 Å². The number of benzene rings is 1. The van der Waals surface area contributed by atoms with Crippen molar-refractivity contribution in [2.75, 3.05) is 19.6 Å². The highest BCUT2D eigenvalue weighted by atomic mass is 16.6. The van der Waals surface area contributed by atoms with Crippen molar-refractivity contribution in [1.82, 2.24) is 4.90 Å². The molecular formula is C15H20N2O3. The summed E-state index contributed by atoms with van der Waals surface area (Å²) in [4.78, 5) is 24.2. The van der Waals surface area contributed by atoms with E-state index in [2.05, 4.69) is 11.8 Å². The first-order valence-electron chi connectivity index (χ1n) is 7.08. The Morgan fingerprint density at radius 1 is 1.35 bits per heavy atom. The minimum absolute atomic E-state index is 0.128. The van der Waals surface area contributed by atoms with Crippen molar-refractivity contribution < 1.29 is 9.72 Å². The number of nitrogens with zero attached hydrogens (tertiary/aromatic N) is 2. The zero-order chi connectivity index (χ0) is 14.5. The van der Waals surface area contributed by atoms with Gasteiger partial charge in [-0.25, -0.2) is 0 Å². The van der Waals surface area contributed by atoms with E-state index in [0.717, 1.165) is 38.0 Å². The molecule has 5 heteroatoms. The standard InChI is InChI=1S/C15H20N2O3/c1-2-13-11-16(10-8-15(13)18)9-7-12-3-5-14(6-4-12)17(19)20/h3-6,13H,2,7-11H2,1H3. The van der Waals surface area contributed by atoms with Crippen LogP contribution in [0, 0.1) is 16.0 Å². The Hall–Kier alpha value is -1.75. The molecule has 0 saturated carbocycles. The predicted octanol–water partition coefficient (Wildman–Crippen LogP) is 2.44. The first-order valence-corrected chi connectivity index (χ1v) is 7.08. The van der Waals surface area contributed by atoms with E-state index in [1.165, 1.54) is 0 Å². The maximum atomic E-state index is 11.7. The molecule has 0 aromatic heterocycles. The van der Waals surface area contributed by atoms with E-state index < -0.39 is 0 Å². The van der Waals surface area contributed by atoms with Gasteiger partial charge in [0.2, 0.25) is 0 Å². The first-order chi connectivity index (χ1) is 9.60. The molecular weight excluding hydrogens is 256 g/mol. The van der Waals surface area contributed by atoms with Crippen molar-refractivity contribution in [1.29, 1.82) is 0 Å². The molecule has 0 bridgehead atoms. The Kier molecular flexibility index (Phi) is 4.84. The van der Waals surface area contributed by atoms with Crippen molar-refractivity contribution in [2.45, 2.75) is 26.2 Å². The fourth-order valence-corrected chi connectivity index (χ4v) is 2.61. The average Bonchev–Trinajstić information content (AvgIpc) is 2.46. The summed E-state index contributed by atoms with van der Waals surface area (Å²) in [7, 11) is 0. The number of hydrogen-bond donors (Lipinski definition) is 0. The summed E-state index contributed by atoms with van der Waals surface area (Å²) in [5.74, 6) is 0.569. The molecule has 0 amide bonds. The third kappa shape index (κ3) is 3.63. The van der Waals surface area contributed by atoms with Gasteiger partial charge in [-0.2, -0.15) is 0 Å². The molecule has 5 nitrogen and oxygen atoms in total. The van der Waals surface area contributed by atoms with Gasteiger partial charge in [0.15, 0.2) is 0 Å². The van der Waals surface area contributed by atoms with Crippen LogP contribution in [0.15, 0.2) is 24.3 Å². The molecule has 1 aliphatic rings. The summed E-state index contributed by atoms with van der Waals surface area (Å²) in [5, 5.41) is 10.6. The Labute approximate surface area is 118 Å². The second kappa shape index (κ2) is 6.61. The van der Waals surface area contributed by atoms with E-state index in [0.29, 0.717) is 12.2 Å². The highest BCUT2D eigenvalue weighted by Gasteiger charge is 2.25. The lowest BCUT2D eigenvalue weighted by atomic mass is 9.94. The third-order valence-electron chi connectivity index (χ3n) is 3.97. The van der Waals surface area contributed by atoms with E-state index in [1.54, 1.807) is 12.1 Å². The summed E-state index contributed by atoms with van der Waals surface area (Å²) < 4.78 is 0. The second-order valence-corrected chi connectivity index (χ2v) is 5.30. The van der Waals surface area contributed by atoms with Crippen LogP contribution in [0.5, 0.6) is 0 Å². The number of non-ortho nitro benzene ring substituents is 1. The molecule has 1 aromatic rings. The van der Waals surface area contributed by atoms with Crippen LogP contribution >= 0.6 is 0 Å². The largest absolute Gasteiger partial charge is 0.302 e. The summed E-state index contributed by atoms with van der Waals surface area (Å²) in [6.07, 6.45) is 2.42. The van der Waals surface area contributed by atoms with Gasteiger partial charge in [-0.3, -0.25) is 14.9 Å². The number of nitro benzene ring substituents is 1. The fraction of sp³-hybridized carbons (Fsp3) is 0.533. The molecule has 20 heavy (non-hydrogen) atoms. The number of ketones is 1. The number of nitro groups is 1. The number of Topliss-reactive ketones (excluding diaryl/α,β-unsaturated/α-hetero) is 1. The lowest BCUT2D eigenvalue weighted by Gasteiger charge is -2.31. The number of carbonyl (C=O) groups excluding carboxylic acids is 1. The predicted molar refractivity (Wildman–Crippen MR) is 76.6 cm³/mol. The molecule has 1 saturated heterocycles. The van der Waals surface area contributed by atoms with Gasteiger partial charge in [0.25, 0.3) is 5.69 Å². The highest BCUT2D eigenvalue weighted by molar-refractivity contribution is 5.82. The van der Waals surface area contributed by atoms with E-state index >= 15 is 0 Å². The minimum atomic E-state index is -0.383. The number of piperidine rings is 1. The smallest absolute Gasteiger partial charge is 0.269 e. The molecule has 1 aliphatic heterocycles. The second-order valence-electron chi connectivity index (χ2n) is 5.30. The zero-order valence-corrected chi connectivity index (χ0v) is 11.7. The molecule has 0 radical (unpaired) electrons. The monoisotopic (exact) mass is 276 g/mol. The number of likely N-dealkylation sites (tertiary alicyclic amines) is 1. The molecule has 0 aliphatic carbocycles. The van der Waals surface area contributed by atoms with Gasteiger partial charge in [0.05, 0.1) is 4.92 Å². The molecule has 108 valence electrons. The number of carbonyl (C=O) groups is 1.